The molecule has 1 aliphatic rings. The summed E-state index contributed by atoms with van der Waals surface area (Å²) in [6.07, 6.45) is 1.68. The van der Waals surface area contributed by atoms with Crippen LogP contribution in [0.1, 0.15) is 13.8 Å². The van der Waals surface area contributed by atoms with Crippen LogP contribution in [0.2, 0.25) is 0 Å². The van der Waals surface area contributed by atoms with Crippen molar-refractivity contribution < 1.29 is 5.11 Å². The molecule has 0 bridgehead atoms. The Balaban J connectivity index is 1.96. The van der Waals surface area contributed by atoms with Gasteiger partial charge in [-0.05, 0) is 35.8 Å². The molecule has 0 spiro atoms. The molecule has 3 N–H and O–H groups in total. The number of rotatable bonds is 3. The van der Waals surface area contributed by atoms with Gasteiger partial charge >= 0.3 is 0 Å². The second-order valence-corrected chi connectivity index (χ2v) is 6.50. The number of hydrogen-bond donors (Lipinski definition) is 2. The van der Waals surface area contributed by atoms with E-state index in [2.05, 4.69) is 30.7 Å². The Morgan fingerprint density at radius 3 is 2.53 bits per heavy atom. The molecule has 5 nitrogen and oxygen atoms in total. The maximum Gasteiger partial charge on any atom is 0.143 e. The third-order valence-corrected chi connectivity index (χ3v) is 3.71. The quantitative estimate of drug-likeness (QED) is 0.876. The van der Waals surface area contributed by atoms with Crippen LogP contribution in [0.4, 0.5) is 11.5 Å². The van der Waals surface area contributed by atoms with Crippen LogP contribution in [0.5, 0.6) is 0 Å². The van der Waals surface area contributed by atoms with E-state index in [1.54, 1.807) is 6.20 Å². The van der Waals surface area contributed by atoms with Gasteiger partial charge in [0.1, 0.15) is 5.82 Å². The van der Waals surface area contributed by atoms with Gasteiger partial charge < -0.3 is 15.7 Å². The second kappa shape index (κ2) is 5.64. The fourth-order valence-corrected chi connectivity index (χ4v) is 2.96. The minimum atomic E-state index is -0.637. The van der Waals surface area contributed by atoms with Gasteiger partial charge in [-0.3, -0.25) is 4.90 Å². The highest BCUT2D eigenvalue weighted by molar-refractivity contribution is 9.10. The summed E-state index contributed by atoms with van der Waals surface area (Å²) in [5, 5.41) is 9.84. The Labute approximate surface area is 122 Å². The minimum Gasteiger partial charge on any atom is -0.397 e. The van der Waals surface area contributed by atoms with Crippen LogP contribution < -0.4 is 10.6 Å². The number of nitrogens with two attached hydrogens (primary N) is 1. The van der Waals surface area contributed by atoms with Crippen molar-refractivity contribution in [2.45, 2.75) is 19.4 Å². The molecular formula is C13H21BrN4O. The highest BCUT2D eigenvalue weighted by atomic mass is 79.9. The van der Waals surface area contributed by atoms with E-state index in [4.69, 9.17) is 5.73 Å². The molecule has 0 radical (unpaired) electrons. The normalized spacial score (nSPS) is 17.8. The molecule has 1 aromatic heterocycles. The van der Waals surface area contributed by atoms with Gasteiger partial charge in [0.05, 0.1) is 22.0 Å². The molecular weight excluding hydrogens is 308 g/mol. The lowest BCUT2D eigenvalue weighted by atomic mass is 10.1. The number of hydrogen-bond acceptors (Lipinski definition) is 5. The Hall–Kier alpha value is -0.850. The van der Waals surface area contributed by atoms with Gasteiger partial charge in [0.25, 0.3) is 0 Å². The van der Waals surface area contributed by atoms with E-state index in [0.717, 1.165) is 36.5 Å². The predicted octanol–water partition coefficient (Wildman–Crippen LogP) is 1.32. The van der Waals surface area contributed by atoms with Crippen molar-refractivity contribution >= 4 is 27.4 Å². The molecule has 19 heavy (non-hydrogen) atoms. The van der Waals surface area contributed by atoms with Gasteiger partial charge in [0, 0.05) is 32.7 Å². The fraction of sp³-hybridized carbons (Fsp3) is 0.615. The Morgan fingerprint density at radius 1 is 1.37 bits per heavy atom. The monoisotopic (exact) mass is 328 g/mol. The van der Waals surface area contributed by atoms with E-state index in [1.807, 2.05) is 19.9 Å². The Morgan fingerprint density at radius 2 is 2.00 bits per heavy atom. The molecule has 6 heteroatoms. The lowest BCUT2D eigenvalue weighted by molar-refractivity contribution is 0.0344. The number of nitrogen functional groups attached to an aromatic ring is 1. The second-order valence-electron chi connectivity index (χ2n) is 5.65. The maximum absolute atomic E-state index is 9.84. The summed E-state index contributed by atoms with van der Waals surface area (Å²) in [6, 6.07) is 1.88. The van der Waals surface area contributed by atoms with Gasteiger partial charge in [-0.25, -0.2) is 4.98 Å². The van der Waals surface area contributed by atoms with Crippen molar-refractivity contribution in [3.05, 3.63) is 16.7 Å². The average Bonchev–Trinajstić information content (AvgIpc) is 2.28. The average molecular weight is 329 g/mol. The van der Waals surface area contributed by atoms with Crippen LogP contribution in [0.25, 0.3) is 0 Å². The van der Waals surface area contributed by atoms with E-state index in [-0.39, 0.29) is 0 Å². The lowest BCUT2D eigenvalue weighted by Gasteiger charge is -2.38. The van der Waals surface area contributed by atoms with E-state index in [9.17, 15) is 5.11 Å². The molecule has 0 aliphatic carbocycles. The molecule has 2 rings (SSSR count). The van der Waals surface area contributed by atoms with Crippen LogP contribution in [0.3, 0.4) is 0 Å². The molecule has 0 aromatic carbocycles. The minimum absolute atomic E-state index is 0.637. The van der Waals surface area contributed by atoms with E-state index in [0.29, 0.717) is 12.2 Å². The van der Waals surface area contributed by atoms with Crippen molar-refractivity contribution in [3.63, 3.8) is 0 Å². The summed E-state index contributed by atoms with van der Waals surface area (Å²) in [5.41, 5.74) is 5.73. The number of β-amino-alcohol motifs (C(OH)–C–C–N with tert-alkyl or cyclic N) is 1. The standard InChI is InChI=1S/C13H21BrN4O/c1-13(2,19)9-17-3-5-18(6-4-17)12-11(14)7-10(15)8-16-12/h7-8,19H,3-6,9,15H2,1-2H3. The summed E-state index contributed by atoms with van der Waals surface area (Å²) >= 11 is 3.51. The van der Waals surface area contributed by atoms with Gasteiger partial charge in [-0.15, -0.1) is 0 Å². The first-order valence-electron chi connectivity index (χ1n) is 6.46. The van der Waals surface area contributed by atoms with Crippen LogP contribution in [-0.2, 0) is 0 Å². The number of nitrogens with zero attached hydrogens (tertiary/aromatic N) is 3. The highest BCUT2D eigenvalue weighted by Crippen LogP contribution is 2.26. The SMILES string of the molecule is CC(C)(O)CN1CCN(c2ncc(N)cc2Br)CC1. The topological polar surface area (TPSA) is 65.6 Å². The first kappa shape index (κ1) is 14.6. The van der Waals surface area contributed by atoms with Gasteiger partial charge in [0.2, 0.25) is 0 Å². The number of piperazine rings is 1. The molecule has 0 amide bonds. The third-order valence-electron chi connectivity index (χ3n) is 3.13. The van der Waals surface area contributed by atoms with Crippen molar-refractivity contribution in [1.29, 1.82) is 0 Å². The zero-order valence-electron chi connectivity index (χ0n) is 11.4. The number of anilines is 2. The zero-order valence-corrected chi connectivity index (χ0v) is 13.0. The molecule has 2 heterocycles. The molecule has 1 fully saturated rings. The number of aliphatic hydroxyl groups is 1. The lowest BCUT2D eigenvalue weighted by Crippen LogP contribution is -2.50. The largest absolute Gasteiger partial charge is 0.397 e. The van der Waals surface area contributed by atoms with Gasteiger partial charge in [0.15, 0.2) is 0 Å². The number of halogens is 1. The van der Waals surface area contributed by atoms with Crippen LogP contribution in [-0.4, -0.2) is 53.3 Å². The first-order valence-corrected chi connectivity index (χ1v) is 7.25. The van der Waals surface area contributed by atoms with Crippen molar-refractivity contribution in [2.75, 3.05) is 43.4 Å². The van der Waals surface area contributed by atoms with Crippen molar-refractivity contribution in [3.8, 4) is 0 Å². The summed E-state index contributed by atoms with van der Waals surface area (Å²) in [7, 11) is 0. The summed E-state index contributed by atoms with van der Waals surface area (Å²) in [6.45, 7) is 8.08. The molecule has 0 atom stereocenters. The fourth-order valence-electron chi connectivity index (χ4n) is 2.34. The van der Waals surface area contributed by atoms with E-state index < -0.39 is 5.60 Å². The first-order chi connectivity index (χ1) is 8.85. The van der Waals surface area contributed by atoms with Crippen LogP contribution in [0.15, 0.2) is 16.7 Å². The zero-order chi connectivity index (χ0) is 14.0. The summed E-state index contributed by atoms with van der Waals surface area (Å²) in [4.78, 5) is 8.91. The predicted molar refractivity (Wildman–Crippen MR) is 81.3 cm³/mol. The molecule has 106 valence electrons. The third kappa shape index (κ3) is 4.06. The van der Waals surface area contributed by atoms with Gasteiger partial charge in [-0.2, -0.15) is 0 Å². The molecule has 0 unspecified atom stereocenters. The maximum atomic E-state index is 9.84. The van der Waals surface area contributed by atoms with Crippen LogP contribution in [0, 0.1) is 0 Å². The van der Waals surface area contributed by atoms with Crippen molar-refractivity contribution in [1.82, 2.24) is 9.88 Å². The number of pyridine rings is 1. The van der Waals surface area contributed by atoms with E-state index >= 15 is 0 Å². The van der Waals surface area contributed by atoms with Gasteiger partial charge in [-0.1, -0.05) is 0 Å². The smallest absolute Gasteiger partial charge is 0.143 e. The highest BCUT2D eigenvalue weighted by Gasteiger charge is 2.24. The summed E-state index contributed by atoms with van der Waals surface area (Å²) < 4.78 is 0.934. The Bertz CT molecular complexity index is 439. The Kier molecular flexibility index (Phi) is 4.32. The van der Waals surface area contributed by atoms with E-state index in [1.165, 1.54) is 0 Å². The summed E-state index contributed by atoms with van der Waals surface area (Å²) in [5.74, 6) is 0.942. The molecule has 1 saturated heterocycles. The molecule has 1 aliphatic heterocycles. The van der Waals surface area contributed by atoms with Crippen LogP contribution >= 0.6 is 15.9 Å². The van der Waals surface area contributed by atoms with Crippen molar-refractivity contribution in [2.24, 2.45) is 0 Å². The molecule has 0 saturated carbocycles. The molecule has 1 aromatic rings. The number of aromatic nitrogens is 1.